The first kappa shape index (κ1) is 18.1. The first-order chi connectivity index (χ1) is 11.9. The van der Waals surface area contributed by atoms with Gasteiger partial charge in [-0.1, -0.05) is 0 Å². The first-order valence-electron chi connectivity index (χ1n) is 7.47. The van der Waals surface area contributed by atoms with E-state index in [2.05, 4.69) is 15.3 Å². The number of benzene rings is 1. The van der Waals surface area contributed by atoms with Crippen molar-refractivity contribution in [2.75, 3.05) is 11.9 Å². The predicted molar refractivity (Wildman–Crippen MR) is 91.2 cm³/mol. The van der Waals surface area contributed by atoms with Gasteiger partial charge in [-0.25, -0.2) is 9.97 Å². The number of nitrogens with zero attached hydrogens (tertiary/aromatic N) is 2. The number of nitrogens with one attached hydrogen (secondary N) is 2. The largest absolute Gasteiger partial charge is 0.486 e. The van der Waals surface area contributed by atoms with E-state index >= 15 is 0 Å². The fraction of sp³-hybridized carbons (Fsp3) is 0.235. The number of hydrogen-bond acceptors (Lipinski definition) is 7. The maximum Gasteiger partial charge on any atom is 0.322 e. The maximum absolute atomic E-state index is 11.5. The van der Waals surface area contributed by atoms with Crippen LogP contribution >= 0.6 is 0 Å². The van der Waals surface area contributed by atoms with E-state index < -0.39 is 11.8 Å². The maximum atomic E-state index is 11.5. The molecule has 0 fully saturated rings. The lowest BCUT2D eigenvalue weighted by Gasteiger charge is -2.13. The van der Waals surface area contributed by atoms with Crippen molar-refractivity contribution in [3.8, 4) is 5.75 Å². The van der Waals surface area contributed by atoms with Crippen molar-refractivity contribution in [3.63, 3.8) is 0 Å². The van der Waals surface area contributed by atoms with E-state index in [1.165, 1.54) is 13.0 Å². The van der Waals surface area contributed by atoms with Gasteiger partial charge in [-0.2, -0.15) is 0 Å². The van der Waals surface area contributed by atoms with Gasteiger partial charge < -0.3 is 15.2 Å². The first-order valence-corrected chi connectivity index (χ1v) is 7.47. The van der Waals surface area contributed by atoms with Gasteiger partial charge in [0.2, 0.25) is 0 Å². The monoisotopic (exact) mass is 342 g/mol. The molecule has 0 saturated carbocycles. The number of aryl methyl sites for hydroxylation is 1. The van der Waals surface area contributed by atoms with E-state index in [4.69, 9.17) is 15.3 Å². The zero-order chi connectivity index (χ0) is 18.4. The quantitative estimate of drug-likeness (QED) is 0.625. The molecular weight excluding hydrogens is 324 g/mol. The van der Waals surface area contributed by atoms with Gasteiger partial charge in [0.15, 0.2) is 11.6 Å². The molecule has 0 saturated heterocycles. The number of rotatable bonds is 8. The molecule has 8 nitrogen and oxygen atoms in total. The number of carboxylic acids is 1. The molecule has 8 heteroatoms. The third kappa shape index (κ3) is 5.10. The van der Waals surface area contributed by atoms with Crippen molar-refractivity contribution >= 4 is 23.2 Å². The lowest BCUT2D eigenvalue weighted by molar-refractivity contribution is -0.134. The highest BCUT2D eigenvalue weighted by molar-refractivity contribution is 6.45. The molecule has 0 aliphatic rings. The minimum atomic E-state index is -1.04. The fourth-order valence-electron chi connectivity index (χ4n) is 2.05. The van der Waals surface area contributed by atoms with Crippen molar-refractivity contribution in [1.29, 1.82) is 5.41 Å². The molecular formula is C17H18N4O4. The average molecular weight is 342 g/mol. The van der Waals surface area contributed by atoms with Crippen molar-refractivity contribution in [2.24, 2.45) is 0 Å². The summed E-state index contributed by atoms with van der Waals surface area (Å²) in [6.07, 6.45) is 1.64. The van der Waals surface area contributed by atoms with Crippen molar-refractivity contribution in [1.82, 2.24) is 9.97 Å². The summed E-state index contributed by atoms with van der Waals surface area (Å²) >= 11 is 0. The van der Waals surface area contributed by atoms with Crippen molar-refractivity contribution in [2.45, 2.75) is 20.5 Å². The van der Waals surface area contributed by atoms with Crippen LogP contribution in [-0.2, 0) is 16.2 Å². The molecule has 25 heavy (non-hydrogen) atoms. The van der Waals surface area contributed by atoms with Gasteiger partial charge in [0.05, 0.1) is 0 Å². The number of ether oxygens (including phenoxy) is 1. The summed E-state index contributed by atoms with van der Waals surface area (Å²) in [7, 11) is 0. The van der Waals surface area contributed by atoms with E-state index in [-0.39, 0.29) is 24.4 Å². The molecule has 2 aromatic rings. The highest BCUT2D eigenvalue weighted by Gasteiger charge is 2.14. The third-order valence-corrected chi connectivity index (χ3v) is 3.26. The van der Waals surface area contributed by atoms with Gasteiger partial charge in [-0.15, -0.1) is 0 Å². The average Bonchev–Trinajstić information content (AvgIpc) is 2.57. The van der Waals surface area contributed by atoms with Crippen molar-refractivity contribution in [3.05, 3.63) is 47.5 Å². The normalized spacial score (nSPS) is 10.2. The molecule has 0 bridgehead atoms. The highest BCUT2D eigenvalue weighted by Crippen LogP contribution is 2.23. The summed E-state index contributed by atoms with van der Waals surface area (Å²) in [6.45, 7) is 2.93. The molecule has 2 rings (SSSR count). The molecule has 130 valence electrons. The van der Waals surface area contributed by atoms with Gasteiger partial charge in [-0.05, 0) is 31.2 Å². The Morgan fingerprint density at radius 3 is 2.72 bits per heavy atom. The molecule has 0 aliphatic heterocycles. The molecule has 0 spiro atoms. The number of anilines is 1. The van der Waals surface area contributed by atoms with Crippen LogP contribution in [0, 0.1) is 12.3 Å². The Bertz CT molecular complexity index is 820. The lowest BCUT2D eigenvalue weighted by atomic mass is 10.0. The molecule has 1 aromatic heterocycles. The van der Waals surface area contributed by atoms with Gasteiger partial charge in [0.1, 0.15) is 24.6 Å². The second kappa shape index (κ2) is 8.00. The van der Waals surface area contributed by atoms with Crippen LogP contribution in [0.1, 0.15) is 24.0 Å². The van der Waals surface area contributed by atoms with Crippen LogP contribution in [0.15, 0.2) is 30.5 Å². The molecule has 0 amide bonds. The summed E-state index contributed by atoms with van der Waals surface area (Å²) in [4.78, 5) is 30.6. The number of hydrogen-bond donors (Lipinski definition) is 3. The van der Waals surface area contributed by atoms with Crippen LogP contribution < -0.4 is 10.1 Å². The standard InChI is InChI=1S/C17H18N4O4/c1-10-5-6-19-15(21-10)9-25-12-3-4-14(20-8-16(23)24)13(7-12)17(18)11(2)22/h3-7,18,20H,8-9H2,1-2H3,(H,23,24). The van der Waals surface area contributed by atoms with Gasteiger partial charge in [0, 0.05) is 30.1 Å². The van der Waals surface area contributed by atoms with Crippen LogP contribution in [0.5, 0.6) is 5.75 Å². The van der Waals surface area contributed by atoms with Gasteiger partial charge >= 0.3 is 5.97 Å². The van der Waals surface area contributed by atoms with Crippen LogP contribution in [0.4, 0.5) is 5.69 Å². The van der Waals surface area contributed by atoms with E-state index in [1.807, 2.05) is 6.92 Å². The lowest BCUT2D eigenvalue weighted by Crippen LogP contribution is -2.17. The Morgan fingerprint density at radius 1 is 1.32 bits per heavy atom. The Kier molecular flexibility index (Phi) is 5.78. The second-order valence-electron chi connectivity index (χ2n) is 5.29. The van der Waals surface area contributed by atoms with Crippen LogP contribution in [-0.4, -0.2) is 39.1 Å². The van der Waals surface area contributed by atoms with Crippen molar-refractivity contribution < 1.29 is 19.4 Å². The minimum Gasteiger partial charge on any atom is -0.486 e. The molecule has 0 aliphatic carbocycles. The number of carbonyl (C=O) groups excluding carboxylic acids is 1. The zero-order valence-corrected chi connectivity index (χ0v) is 13.9. The van der Waals surface area contributed by atoms with Gasteiger partial charge in [0.25, 0.3) is 0 Å². The van der Waals surface area contributed by atoms with E-state index in [0.29, 0.717) is 17.3 Å². The van der Waals surface area contributed by atoms with E-state index in [9.17, 15) is 9.59 Å². The number of carbonyl (C=O) groups is 2. The minimum absolute atomic E-state index is 0.135. The molecule has 0 atom stereocenters. The Balaban J connectivity index is 2.21. The molecule has 0 radical (unpaired) electrons. The molecule has 3 N–H and O–H groups in total. The fourth-order valence-corrected chi connectivity index (χ4v) is 2.05. The number of ketones is 1. The predicted octanol–water partition coefficient (Wildman–Crippen LogP) is 1.82. The van der Waals surface area contributed by atoms with Gasteiger partial charge in [-0.3, -0.25) is 15.0 Å². The Morgan fingerprint density at radius 2 is 2.08 bits per heavy atom. The molecule has 0 unspecified atom stereocenters. The smallest absolute Gasteiger partial charge is 0.322 e. The highest BCUT2D eigenvalue weighted by atomic mass is 16.5. The summed E-state index contributed by atoms with van der Waals surface area (Å²) < 4.78 is 5.62. The number of Topliss-reactive ketones (excluding diaryl/α,β-unsaturated/α-hetero) is 1. The second-order valence-corrected chi connectivity index (χ2v) is 5.29. The Hall–Kier alpha value is -3.29. The SMILES string of the molecule is CC(=O)C(=N)c1cc(OCc2nccc(C)n2)ccc1NCC(=O)O. The number of carboxylic acid groups (broad SMARTS) is 1. The van der Waals surface area contributed by atoms with Crippen LogP contribution in [0.3, 0.4) is 0 Å². The van der Waals surface area contributed by atoms with E-state index in [0.717, 1.165) is 5.69 Å². The summed E-state index contributed by atoms with van der Waals surface area (Å²) in [5, 5.41) is 19.4. The zero-order valence-electron chi connectivity index (χ0n) is 13.9. The Labute approximate surface area is 144 Å². The third-order valence-electron chi connectivity index (χ3n) is 3.26. The van der Waals surface area contributed by atoms with Crippen LogP contribution in [0.2, 0.25) is 0 Å². The van der Waals surface area contributed by atoms with Crippen LogP contribution in [0.25, 0.3) is 0 Å². The summed E-state index contributed by atoms with van der Waals surface area (Å²) in [5.41, 5.74) is 1.24. The summed E-state index contributed by atoms with van der Waals surface area (Å²) in [5.74, 6) is -0.543. The van der Waals surface area contributed by atoms with E-state index in [1.54, 1.807) is 24.4 Å². The number of aromatic nitrogens is 2. The number of aliphatic carboxylic acids is 1. The topological polar surface area (TPSA) is 125 Å². The molecule has 1 aromatic carbocycles. The molecule has 1 heterocycles. The summed E-state index contributed by atoms with van der Waals surface area (Å²) in [6, 6.07) is 6.49.